The van der Waals surface area contributed by atoms with E-state index in [9.17, 15) is 19.7 Å². The molecule has 1 aliphatic carbocycles. The molecule has 1 aliphatic rings. The third-order valence-corrected chi connectivity index (χ3v) is 3.39. The first-order valence-electron chi connectivity index (χ1n) is 6.58. The second-order valence-electron chi connectivity index (χ2n) is 5.02. The van der Waals surface area contributed by atoms with Crippen LogP contribution in [0.1, 0.15) is 30.1 Å². The predicted molar refractivity (Wildman–Crippen MR) is 74.4 cm³/mol. The van der Waals surface area contributed by atoms with Gasteiger partial charge >= 0.3 is 0 Å². The van der Waals surface area contributed by atoms with Crippen LogP contribution in [0.4, 0.5) is 5.69 Å². The lowest BCUT2D eigenvalue weighted by Crippen LogP contribution is -2.33. The molecule has 1 aromatic carbocycles. The van der Waals surface area contributed by atoms with Gasteiger partial charge in [0.25, 0.3) is 11.6 Å². The average Bonchev–Trinajstić information content (AvgIpc) is 3.27. The molecule has 0 spiro atoms. The summed E-state index contributed by atoms with van der Waals surface area (Å²) in [5.74, 6) is -0.340. The number of carbonyl (C=O) groups excluding carboxylic acids is 2. The van der Waals surface area contributed by atoms with E-state index in [-0.39, 0.29) is 41.3 Å². The summed E-state index contributed by atoms with van der Waals surface area (Å²) >= 11 is 0. The zero-order chi connectivity index (χ0) is 15.6. The Labute approximate surface area is 121 Å². The number of carbonyl (C=O) groups is 2. The van der Waals surface area contributed by atoms with Gasteiger partial charge in [-0.25, -0.2) is 0 Å². The highest BCUT2D eigenvalue weighted by atomic mass is 16.6. The Hall–Kier alpha value is -2.44. The minimum Gasteiger partial charge on any atom is -0.483 e. The number of hydrogen-bond acceptors (Lipinski definition) is 5. The molecule has 0 aromatic heterocycles. The van der Waals surface area contributed by atoms with E-state index >= 15 is 0 Å². The summed E-state index contributed by atoms with van der Waals surface area (Å²) < 4.78 is 5.36. The fraction of sp³-hybridized carbons (Fsp3) is 0.429. The number of nitrogens with zero attached hydrogens (tertiary/aromatic N) is 2. The molecule has 1 amide bonds. The number of nitro groups is 1. The van der Waals surface area contributed by atoms with Crippen molar-refractivity contribution in [3.63, 3.8) is 0 Å². The molecular formula is C14H16N2O5. The molecule has 7 heteroatoms. The number of ketones is 1. The molecule has 21 heavy (non-hydrogen) atoms. The van der Waals surface area contributed by atoms with E-state index in [1.54, 1.807) is 11.9 Å². The number of non-ortho nitro benzene ring substituents is 1. The van der Waals surface area contributed by atoms with E-state index in [0.29, 0.717) is 0 Å². The lowest BCUT2D eigenvalue weighted by Gasteiger charge is -2.17. The topological polar surface area (TPSA) is 89.7 Å². The van der Waals surface area contributed by atoms with Crippen molar-refractivity contribution in [1.82, 2.24) is 4.90 Å². The third kappa shape index (κ3) is 3.56. The van der Waals surface area contributed by atoms with Crippen molar-refractivity contribution in [2.75, 3.05) is 13.7 Å². The average molecular weight is 292 g/mol. The number of likely N-dealkylation sites (N-methyl/N-ethyl adjacent to an activating group) is 1. The largest absolute Gasteiger partial charge is 0.483 e. The van der Waals surface area contributed by atoms with Crippen molar-refractivity contribution >= 4 is 17.4 Å². The molecule has 0 atom stereocenters. The van der Waals surface area contributed by atoms with Gasteiger partial charge < -0.3 is 9.64 Å². The van der Waals surface area contributed by atoms with Gasteiger partial charge in [-0.3, -0.25) is 19.7 Å². The first kappa shape index (κ1) is 15.0. The third-order valence-electron chi connectivity index (χ3n) is 3.39. The highest BCUT2D eigenvalue weighted by Crippen LogP contribution is 2.27. The van der Waals surface area contributed by atoms with E-state index in [4.69, 9.17) is 4.74 Å². The smallest absolute Gasteiger partial charge is 0.270 e. The van der Waals surface area contributed by atoms with Gasteiger partial charge in [0.1, 0.15) is 5.75 Å². The molecular weight excluding hydrogens is 276 g/mol. The second kappa shape index (κ2) is 5.90. The van der Waals surface area contributed by atoms with Crippen LogP contribution in [-0.2, 0) is 4.79 Å². The molecule has 0 N–H and O–H groups in total. The minimum absolute atomic E-state index is 0.103. The number of benzene rings is 1. The first-order chi connectivity index (χ1) is 9.90. The summed E-state index contributed by atoms with van der Waals surface area (Å²) in [6.07, 6.45) is 2.00. The highest BCUT2D eigenvalue weighted by molar-refractivity contribution is 5.97. The maximum absolute atomic E-state index is 11.9. The quantitative estimate of drug-likeness (QED) is 0.453. The maximum Gasteiger partial charge on any atom is 0.270 e. The zero-order valence-corrected chi connectivity index (χ0v) is 11.9. The van der Waals surface area contributed by atoms with Crippen LogP contribution in [0.3, 0.4) is 0 Å². The van der Waals surface area contributed by atoms with Crippen LogP contribution < -0.4 is 4.74 Å². The van der Waals surface area contributed by atoms with Gasteiger partial charge in [0.15, 0.2) is 12.4 Å². The molecule has 0 heterocycles. The van der Waals surface area contributed by atoms with Crippen LogP contribution in [0.2, 0.25) is 0 Å². The van der Waals surface area contributed by atoms with E-state index < -0.39 is 4.92 Å². The summed E-state index contributed by atoms with van der Waals surface area (Å²) in [5, 5.41) is 10.7. The Bertz CT molecular complexity index is 595. The van der Waals surface area contributed by atoms with Crippen LogP contribution in [0.25, 0.3) is 0 Å². The van der Waals surface area contributed by atoms with Crippen molar-refractivity contribution in [2.24, 2.45) is 0 Å². The maximum atomic E-state index is 11.9. The van der Waals surface area contributed by atoms with E-state index in [1.165, 1.54) is 19.1 Å². The number of Topliss-reactive ketones (excluding diaryl/α,β-unsaturated/α-hetero) is 1. The van der Waals surface area contributed by atoms with Gasteiger partial charge in [-0.1, -0.05) is 0 Å². The minimum atomic E-state index is -0.581. The summed E-state index contributed by atoms with van der Waals surface area (Å²) in [6.45, 7) is 1.11. The molecule has 1 aromatic rings. The van der Waals surface area contributed by atoms with E-state index in [2.05, 4.69) is 0 Å². The number of nitro benzene ring substituents is 1. The molecule has 2 rings (SSSR count). The van der Waals surface area contributed by atoms with Gasteiger partial charge in [0, 0.05) is 25.2 Å². The molecule has 0 bridgehead atoms. The van der Waals surface area contributed by atoms with Crippen LogP contribution in [0, 0.1) is 10.1 Å². The van der Waals surface area contributed by atoms with E-state index in [1.807, 2.05) is 0 Å². The van der Waals surface area contributed by atoms with Crippen molar-refractivity contribution in [3.8, 4) is 5.75 Å². The van der Waals surface area contributed by atoms with Gasteiger partial charge in [-0.05, 0) is 25.8 Å². The van der Waals surface area contributed by atoms with Gasteiger partial charge in [-0.2, -0.15) is 0 Å². The van der Waals surface area contributed by atoms with Gasteiger partial charge in [0.2, 0.25) is 0 Å². The number of rotatable bonds is 6. The standard InChI is InChI=1S/C14H16N2O5/c1-9(17)12-7-11(16(19)20)5-6-13(12)21-8-14(18)15(2)10-3-4-10/h5-7,10H,3-4,8H2,1-2H3. The molecule has 0 radical (unpaired) electrons. The number of amides is 1. The lowest BCUT2D eigenvalue weighted by molar-refractivity contribution is -0.384. The van der Waals surface area contributed by atoms with Gasteiger partial charge in [0.05, 0.1) is 10.5 Å². The van der Waals surface area contributed by atoms with Crippen molar-refractivity contribution < 1.29 is 19.2 Å². The summed E-state index contributed by atoms with van der Waals surface area (Å²) in [7, 11) is 1.71. The summed E-state index contributed by atoms with van der Waals surface area (Å²) in [6, 6.07) is 4.04. The second-order valence-corrected chi connectivity index (χ2v) is 5.02. The monoisotopic (exact) mass is 292 g/mol. The Morgan fingerprint density at radius 1 is 1.43 bits per heavy atom. The summed E-state index contributed by atoms with van der Waals surface area (Å²) in [4.78, 5) is 35.2. The normalized spacial score (nSPS) is 13.6. The fourth-order valence-electron chi connectivity index (χ4n) is 1.94. The molecule has 1 fully saturated rings. The van der Waals surface area contributed by atoms with Crippen molar-refractivity contribution in [1.29, 1.82) is 0 Å². The molecule has 112 valence electrons. The van der Waals surface area contributed by atoms with Crippen LogP contribution in [0.15, 0.2) is 18.2 Å². The zero-order valence-electron chi connectivity index (χ0n) is 11.9. The van der Waals surface area contributed by atoms with Gasteiger partial charge in [-0.15, -0.1) is 0 Å². The van der Waals surface area contributed by atoms with Crippen molar-refractivity contribution in [3.05, 3.63) is 33.9 Å². The number of hydrogen-bond donors (Lipinski definition) is 0. The van der Waals surface area contributed by atoms with Crippen molar-refractivity contribution in [2.45, 2.75) is 25.8 Å². The molecule has 0 aliphatic heterocycles. The predicted octanol–water partition coefficient (Wildman–Crippen LogP) is 1.80. The van der Waals surface area contributed by atoms with E-state index in [0.717, 1.165) is 18.9 Å². The highest BCUT2D eigenvalue weighted by Gasteiger charge is 2.29. The first-order valence-corrected chi connectivity index (χ1v) is 6.58. The molecule has 7 nitrogen and oxygen atoms in total. The SMILES string of the molecule is CC(=O)c1cc([N+](=O)[O-])ccc1OCC(=O)N(C)C1CC1. The van der Waals surface area contributed by atoms with Crippen LogP contribution >= 0.6 is 0 Å². The lowest BCUT2D eigenvalue weighted by atomic mass is 10.1. The fourth-order valence-corrected chi connectivity index (χ4v) is 1.94. The Morgan fingerprint density at radius 3 is 2.62 bits per heavy atom. The Morgan fingerprint density at radius 2 is 2.10 bits per heavy atom. The number of ether oxygens (including phenoxy) is 1. The van der Waals surface area contributed by atoms with Crippen LogP contribution in [-0.4, -0.2) is 41.2 Å². The summed E-state index contributed by atoms with van der Waals surface area (Å²) in [5.41, 5.74) is -0.0833. The Kier molecular flexibility index (Phi) is 4.21. The molecule has 0 unspecified atom stereocenters. The molecule has 0 saturated heterocycles. The Balaban J connectivity index is 2.09. The van der Waals surface area contributed by atoms with Crippen LogP contribution in [0.5, 0.6) is 5.75 Å². The molecule has 1 saturated carbocycles.